The fourth-order valence-corrected chi connectivity index (χ4v) is 1.22. The summed E-state index contributed by atoms with van der Waals surface area (Å²) in [6, 6.07) is 0. The number of aliphatic carboxylic acids is 1. The van der Waals surface area contributed by atoms with Gasteiger partial charge in [-0.3, -0.25) is 4.79 Å². The Balaban J connectivity index is 2.45. The van der Waals surface area contributed by atoms with Gasteiger partial charge in [-0.1, -0.05) is 0 Å². The van der Waals surface area contributed by atoms with Crippen molar-refractivity contribution in [1.82, 2.24) is 0 Å². The third kappa shape index (κ3) is 1.29. The molecule has 0 spiro atoms. The molecule has 1 rings (SSSR count). The molecule has 0 radical (unpaired) electrons. The van der Waals surface area contributed by atoms with Gasteiger partial charge in [0.2, 0.25) is 0 Å². The molecule has 0 amide bonds. The molecule has 1 atom stereocenters. The Bertz CT molecular complexity index is 147. The van der Waals surface area contributed by atoms with Crippen molar-refractivity contribution in [1.29, 1.82) is 0 Å². The molecular weight excluding hydrogens is 132 g/mol. The number of aliphatic hydroxyl groups is 1. The molecule has 0 aromatic heterocycles. The molecule has 1 fully saturated rings. The molecule has 0 saturated heterocycles. The maximum atomic E-state index is 10.5. The van der Waals surface area contributed by atoms with E-state index in [2.05, 4.69) is 0 Å². The summed E-state index contributed by atoms with van der Waals surface area (Å²) >= 11 is 0. The fraction of sp³-hybridized carbons (Fsp3) is 0.857. The summed E-state index contributed by atoms with van der Waals surface area (Å²) < 4.78 is 0. The van der Waals surface area contributed by atoms with Crippen molar-refractivity contribution < 1.29 is 15.0 Å². The van der Waals surface area contributed by atoms with Crippen LogP contribution in [-0.2, 0) is 4.79 Å². The highest BCUT2D eigenvalue weighted by molar-refractivity contribution is 5.77. The quantitative estimate of drug-likeness (QED) is 0.610. The van der Waals surface area contributed by atoms with Crippen LogP contribution in [0.5, 0.6) is 0 Å². The average molecular weight is 144 g/mol. The molecular formula is C7H12O3. The van der Waals surface area contributed by atoms with E-state index in [0.29, 0.717) is 6.42 Å². The first-order valence-corrected chi connectivity index (χ1v) is 3.48. The van der Waals surface area contributed by atoms with E-state index in [0.717, 1.165) is 12.8 Å². The van der Waals surface area contributed by atoms with Crippen molar-refractivity contribution in [2.45, 2.75) is 32.3 Å². The van der Waals surface area contributed by atoms with Gasteiger partial charge in [0.05, 0.1) is 11.5 Å². The highest BCUT2D eigenvalue weighted by Crippen LogP contribution is 2.49. The van der Waals surface area contributed by atoms with E-state index < -0.39 is 17.5 Å². The van der Waals surface area contributed by atoms with E-state index >= 15 is 0 Å². The van der Waals surface area contributed by atoms with Gasteiger partial charge in [-0.2, -0.15) is 0 Å². The van der Waals surface area contributed by atoms with Gasteiger partial charge in [0.1, 0.15) is 0 Å². The van der Waals surface area contributed by atoms with Crippen LogP contribution in [0.2, 0.25) is 0 Å². The molecule has 0 aliphatic heterocycles. The zero-order valence-electron chi connectivity index (χ0n) is 6.00. The second-order valence-electron chi connectivity index (χ2n) is 3.14. The molecule has 1 unspecified atom stereocenters. The summed E-state index contributed by atoms with van der Waals surface area (Å²) in [5.41, 5.74) is -0.561. The maximum Gasteiger partial charge on any atom is 0.309 e. The number of carbonyl (C=O) groups is 1. The van der Waals surface area contributed by atoms with Crippen LogP contribution >= 0.6 is 0 Å². The predicted octanol–water partition coefficient (Wildman–Crippen LogP) is 0.622. The van der Waals surface area contributed by atoms with E-state index in [9.17, 15) is 4.79 Å². The van der Waals surface area contributed by atoms with E-state index in [1.807, 2.05) is 0 Å². The number of hydrogen-bond acceptors (Lipinski definition) is 2. The van der Waals surface area contributed by atoms with Gasteiger partial charge in [0.25, 0.3) is 0 Å². The minimum Gasteiger partial charge on any atom is -0.481 e. The molecule has 0 aromatic rings. The van der Waals surface area contributed by atoms with Crippen molar-refractivity contribution >= 4 is 5.97 Å². The Morgan fingerprint density at radius 2 is 2.20 bits per heavy atom. The summed E-state index contributed by atoms with van der Waals surface area (Å²) in [6.45, 7) is 1.63. The number of hydrogen-bond donors (Lipinski definition) is 2. The number of carboxylic acid groups (broad SMARTS) is 1. The smallest absolute Gasteiger partial charge is 0.309 e. The van der Waals surface area contributed by atoms with E-state index in [1.165, 1.54) is 0 Å². The lowest BCUT2D eigenvalue weighted by Crippen LogP contribution is -2.19. The van der Waals surface area contributed by atoms with Crippen LogP contribution in [0, 0.1) is 5.41 Å². The minimum absolute atomic E-state index is 0.405. The topological polar surface area (TPSA) is 57.5 Å². The van der Waals surface area contributed by atoms with Crippen LogP contribution in [0.1, 0.15) is 26.2 Å². The zero-order chi connectivity index (χ0) is 7.78. The second-order valence-corrected chi connectivity index (χ2v) is 3.14. The van der Waals surface area contributed by atoms with Gasteiger partial charge in [-0.25, -0.2) is 0 Å². The molecule has 1 aliphatic carbocycles. The highest BCUT2D eigenvalue weighted by atomic mass is 16.4. The van der Waals surface area contributed by atoms with Gasteiger partial charge in [0.15, 0.2) is 0 Å². The number of carboxylic acids is 1. The monoisotopic (exact) mass is 144 g/mol. The lowest BCUT2D eigenvalue weighted by atomic mass is 10.00. The molecule has 3 heteroatoms. The van der Waals surface area contributed by atoms with Crippen molar-refractivity contribution in [3.63, 3.8) is 0 Å². The number of aliphatic hydroxyl groups excluding tert-OH is 1. The van der Waals surface area contributed by atoms with Crippen LogP contribution in [0.25, 0.3) is 0 Å². The van der Waals surface area contributed by atoms with Crippen LogP contribution < -0.4 is 0 Å². The summed E-state index contributed by atoms with van der Waals surface area (Å²) in [6.07, 6.45) is 1.38. The van der Waals surface area contributed by atoms with Gasteiger partial charge in [0, 0.05) is 0 Å². The third-order valence-electron chi connectivity index (χ3n) is 1.99. The molecule has 0 aromatic carbocycles. The van der Waals surface area contributed by atoms with E-state index in [-0.39, 0.29) is 0 Å². The number of rotatable bonds is 3. The zero-order valence-corrected chi connectivity index (χ0v) is 6.00. The molecule has 1 saturated carbocycles. The van der Waals surface area contributed by atoms with Gasteiger partial charge in [-0.15, -0.1) is 0 Å². The molecule has 10 heavy (non-hydrogen) atoms. The van der Waals surface area contributed by atoms with Crippen molar-refractivity contribution in [2.75, 3.05) is 0 Å². The standard InChI is InChI=1S/C7H12O3/c1-5(8)4-7(2-3-7)6(9)10/h5,8H,2-4H2,1H3,(H,9,10). The van der Waals surface area contributed by atoms with Crippen LogP contribution in [0.4, 0.5) is 0 Å². The summed E-state index contributed by atoms with van der Waals surface area (Å²) in [4.78, 5) is 10.5. The van der Waals surface area contributed by atoms with Crippen LogP contribution in [-0.4, -0.2) is 22.3 Å². The van der Waals surface area contributed by atoms with Crippen LogP contribution in [0.3, 0.4) is 0 Å². The summed E-state index contributed by atoms with van der Waals surface area (Å²) in [5, 5.41) is 17.6. The molecule has 0 heterocycles. The lowest BCUT2D eigenvalue weighted by Gasteiger charge is -2.10. The second kappa shape index (κ2) is 2.23. The molecule has 0 bridgehead atoms. The Labute approximate surface area is 59.7 Å². The fourth-order valence-electron chi connectivity index (χ4n) is 1.22. The minimum atomic E-state index is -0.756. The molecule has 58 valence electrons. The van der Waals surface area contributed by atoms with Crippen molar-refractivity contribution in [3.8, 4) is 0 Å². The van der Waals surface area contributed by atoms with Crippen LogP contribution in [0.15, 0.2) is 0 Å². The van der Waals surface area contributed by atoms with Gasteiger partial charge >= 0.3 is 5.97 Å². The first kappa shape index (κ1) is 7.54. The maximum absolute atomic E-state index is 10.5. The Morgan fingerprint density at radius 3 is 2.30 bits per heavy atom. The van der Waals surface area contributed by atoms with Crippen molar-refractivity contribution in [2.24, 2.45) is 5.41 Å². The van der Waals surface area contributed by atoms with Gasteiger partial charge < -0.3 is 10.2 Å². The average Bonchev–Trinajstić information content (AvgIpc) is 2.46. The Morgan fingerprint density at radius 1 is 1.70 bits per heavy atom. The summed E-state index contributed by atoms with van der Waals surface area (Å²) in [5.74, 6) is -0.756. The van der Waals surface area contributed by atoms with Gasteiger partial charge in [-0.05, 0) is 26.2 Å². The molecule has 2 N–H and O–H groups in total. The summed E-state index contributed by atoms with van der Waals surface area (Å²) in [7, 11) is 0. The Hall–Kier alpha value is -0.570. The van der Waals surface area contributed by atoms with E-state index in [4.69, 9.17) is 10.2 Å². The first-order chi connectivity index (χ1) is 4.57. The third-order valence-corrected chi connectivity index (χ3v) is 1.99. The largest absolute Gasteiger partial charge is 0.481 e. The Kier molecular flexibility index (Phi) is 1.68. The lowest BCUT2D eigenvalue weighted by molar-refractivity contribution is -0.144. The normalized spacial score (nSPS) is 23.8. The molecule has 3 nitrogen and oxygen atoms in total. The highest BCUT2D eigenvalue weighted by Gasteiger charge is 2.50. The van der Waals surface area contributed by atoms with E-state index in [1.54, 1.807) is 6.92 Å². The molecule has 1 aliphatic rings. The first-order valence-electron chi connectivity index (χ1n) is 3.48. The van der Waals surface area contributed by atoms with Crippen molar-refractivity contribution in [3.05, 3.63) is 0 Å². The SMILES string of the molecule is CC(O)CC1(C(=O)O)CC1. The predicted molar refractivity (Wildman–Crippen MR) is 35.6 cm³/mol.